The van der Waals surface area contributed by atoms with E-state index in [0.717, 1.165) is 0 Å². The Bertz CT molecular complexity index is 488. The van der Waals surface area contributed by atoms with Gasteiger partial charge in [-0.2, -0.15) is 0 Å². The molecule has 0 saturated carbocycles. The molecule has 1 aromatic rings. The molecule has 0 aliphatic carbocycles. The molecule has 0 aliphatic heterocycles. The van der Waals surface area contributed by atoms with E-state index in [4.69, 9.17) is 9.84 Å². The van der Waals surface area contributed by atoms with Crippen LogP contribution in [0.25, 0.3) is 0 Å². The number of sulfonamides is 1. The van der Waals surface area contributed by atoms with Crippen molar-refractivity contribution >= 4 is 15.7 Å². The molecule has 0 atom stereocenters. The number of hydrogen-bond acceptors (Lipinski definition) is 5. The van der Waals surface area contributed by atoms with Crippen molar-refractivity contribution in [2.24, 2.45) is 0 Å². The Morgan fingerprint density at radius 1 is 1.26 bits per heavy atom. The smallest absolute Gasteiger partial charge is 0.244 e. The molecular weight excluding hydrogens is 268 g/mol. The van der Waals surface area contributed by atoms with Crippen LogP contribution < -0.4 is 5.32 Å². The van der Waals surface area contributed by atoms with Crippen LogP contribution in [0.15, 0.2) is 29.2 Å². The highest BCUT2D eigenvalue weighted by Gasteiger charge is 2.20. The quantitative estimate of drug-likeness (QED) is 0.675. The second-order valence-corrected chi connectivity index (χ2v) is 6.17. The van der Waals surface area contributed by atoms with E-state index in [-0.39, 0.29) is 18.1 Å². The van der Waals surface area contributed by atoms with Crippen molar-refractivity contribution in [3.05, 3.63) is 24.3 Å². The monoisotopic (exact) mass is 288 g/mol. The Morgan fingerprint density at radius 3 is 2.58 bits per heavy atom. The highest BCUT2D eigenvalue weighted by atomic mass is 32.2. The van der Waals surface area contributed by atoms with Gasteiger partial charge in [-0.05, 0) is 12.1 Å². The van der Waals surface area contributed by atoms with Crippen molar-refractivity contribution in [1.82, 2.24) is 4.31 Å². The molecule has 2 N–H and O–H groups in total. The molecular formula is C12H20N2O4S. The summed E-state index contributed by atoms with van der Waals surface area (Å²) >= 11 is 0. The van der Waals surface area contributed by atoms with Crippen LogP contribution in [0.4, 0.5) is 5.69 Å². The Labute approximate surface area is 114 Å². The van der Waals surface area contributed by atoms with Crippen LogP contribution in [-0.2, 0) is 14.8 Å². The van der Waals surface area contributed by atoms with Crippen molar-refractivity contribution in [3.8, 4) is 0 Å². The molecule has 0 bridgehead atoms. The summed E-state index contributed by atoms with van der Waals surface area (Å²) in [5.74, 6) is 0. The summed E-state index contributed by atoms with van der Waals surface area (Å²) in [7, 11) is -0.472. The van der Waals surface area contributed by atoms with Gasteiger partial charge < -0.3 is 15.2 Å². The second-order valence-electron chi connectivity index (χ2n) is 4.05. The molecule has 1 aromatic carbocycles. The predicted molar refractivity (Wildman–Crippen MR) is 73.7 cm³/mol. The van der Waals surface area contributed by atoms with E-state index in [1.165, 1.54) is 18.4 Å². The maximum absolute atomic E-state index is 12.1. The first-order chi connectivity index (χ1) is 9.00. The number of para-hydroxylation sites is 1. The molecule has 1 rings (SSSR count). The summed E-state index contributed by atoms with van der Waals surface area (Å²) in [6, 6.07) is 6.73. The lowest BCUT2D eigenvalue weighted by Crippen LogP contribution is -2.23. The van der Waals surface area contributed by atoms with E-state index in [0.29, 0.717) is 18.8 Å². The molecule has 0 radical (unpaired) electrons. The van der Waals surface area contributed by atoms with Gasteiger partial charge in [0.05, 0.1) is 25.5 Å². The van der Waals surface area contributed by atoms with E-state index in [2.05, 4.69) is 5.32 Å². The third-order valence-corrected chi connectivity index (χ3v) is 4.32. The number of aliphatic hydroxyl groups excluding tert-OH is 1. The minimum absolute atomic E-state index is 0.0222. The van der Waals surface area contributed by atoms with Gasteiger partial charge in [0.2, 0.25) is 10.0 Å². The SMILES string of the molecule is CN(C)S(=O)(=O)c1ccccc1NCCOCCO. The fraction of sp³-hybridized carbons (Fsp3) is 0.500. The number of rotatable bonds is 8. The van der Waals surface area contributed by atoms with Gasteiger partial charge in [-0.1, -0.05) is 12.1 Å². The van der Waals surface area contributed by atoms with E-state index in [1.807, 2.05) is 0 Å². The molecule has 0 spiro atoms. The van der Waals surface area contributed by atoms with Gasteiger partial charge in [0.25, 0.3) is 0 Å². The minimum atomic E-state index is -3.46. The van der Waals surface area contributed by atoms with Crippen LogP contribution in [-0.4, -0.2) is 58.3 Å². The average Bonchev–Trinajstić information content (AvgIpc) is 2.38. The summed E-state index contributed by atoms with van der Waals surface area (Å²) < 4.78 is 30.5. The Kier molecular flexibility index (Phi) is 6.23. The molecule has 7 heteroatoms. The van der Waals surface area contributed by atoms with Crippen LogP contribution in [0.1, 0.15) is 0 Å². The first-order valence-corrected chi connectivity index (χ1v) is 7.38. The zero-order valence-corrected chi connectivity index (χ0v) is 12.0. The van der Waals surface area contributed by atoms with Crippen molar-refractivity contribution in [2.75, 3.05) is 45.8 Å². The van der Waals surface area contributed by atoms with Gasteiger partial charge in [-0.3, -0.25) is 0 Å². The minimum Gasteiger partial charge on any atom is -0.394 e. The molecule has 0 saturated heterocycles. The van der Waals surface area contributed by atoms with Crippen molar-refractivity contribution < 1.29 is 18.3 Å². The molecule has 0 aromatic heterocycles. The number of nitrogens with zero attached hydrogens (tertiary/aromatic N) is 1. The fourth-order valence-electron chi connectivity index (χ4n) is 1.46. The number of benzene rings is 1. The van der Waals surface area contributed by atoms with Gasteiger partial charge in [-0.25, -0.2) is 12.7 Å². The molecule has 19 heavy (non-hydrogen) atoms. The van der Waals surface area contributed by atoms with Crippen molar-refractivity contribution in [2.45, 2.75) is 4.90 Å². The molecule has 0 aliphatic rings. The predicted octanol–water partition coefficient (Wildman–Crippen LogP) is 0.358. The number of nitrogens with one attached hydrogen (secondary N) is 1. The molecule has 108 valence electrons. The lowest BCUT2D eigenvalue weighted by molar-refractivity contribution is 0.0992. The lowest BCUT2D eigenvalue weighted by Gasteiger charge is -2.16. The largest absolute Gasteiger partial charge is 0.394 e. The third-order valence-electron chi connectivity index (χ3n) is 2.44. The summed E-state index contributed by atoms with van der Waals surface area (Å²) in [5, 5.41) is 11.6. The maximum Gasteiger partial charge on any atom is 0.244 e. The normalized spacial score (nSPS) is 11.8. The highest BCUT2D eigenvalue weighted by Crippen LogP contribution is 2.22. The summed E-state index contributed by atoms with van der Waals surface area (Å²) in [6.07, 6.45) is 0. The number of anilines is 1. The molecule has 0 fully saturated rings. The number of ether oxygens (including phenoxy) is 1. The highest BCUT2D eigenvalue weighted by molar-refractivity contribution is 7.89. The average molecular weight is 288 g/mol. The third kappa shape index (κ3) is 4.46. The summed E-state index contributed by atoms with van der Waals surface area (Å²) in [5.41, 5.74) is 0.545. The zero-order valence-electron chi connectivity index (χ0n) is 11.2. The summed E-state index contributed by atoms with van der Waals surface area (Å²) in [6.45, 7) is 1.13. The van der Waals surface area contributed by atoms with Gasteiger partial charge in [-0.15, -0.1) is 0 Å². The van der Waals surface area contributed by atoms with Crippen LogP contribution in [0.5, 0.6) is 0 Å². The number of hydrogen-bond donors (Lipinski definition) is 2. The van der Waals surface area contributed by atoms with Gasteiger partial charge >= 0.3 is 0 Å². The first-order valence-electron chi connectivity index (χ1n) is 5.94. The maximum atomic E-state index is 12.1. The van der Waals surface area contributed by atoms with Gasteiger partial charge in [0, 0.05) is 20.6 Å². The van der Waals surface area contributed by atoms with E-state index < -0.39 is 10.0 Å². The topological polar surface area (TPSA) is 78.9 Å². The second kappa shape index (κ2) is 7.44. The first kappa shape index (κ1) is 15.9. The molecule has 0 heterocycles. The summed E-state index contributed by atoms with van der Waals surface area (Å²) in [4.78, 5) is 0.238. The lowest BCUT2D eigenvalue weighted by atomic mass is 10.3. The molecule has 0 unspecified atom stereocenters. The van der Waals surface area contributed by atoms with Crippen molar-refractivity contribution in [3.63, 3.8) is 0 Å². The standard InChI is InChI=1S/C12H20N2O4S/c1-14(2)19(16,17)12-6-4-3-5-11(12)13-7-9-18-10-8-15/h3-6,13,15H,7-10H2,1-2H3. The van der Waals surface area contributed by atoms with Crippen LogP contribution >= 0.6 is 0 Å². The van der Waals surface area contributed by atoms with E-state index in [9.17, 15) is 8.42 Å². The van der Waals surface area contributed by atoms with Crippen LogP contribution in [0.3, 0.4) is 0 Å². The van der Waals surface area contributed by atoms with Crippen LogP contribution in [0.2, 0.25) is 0 Å². The van der Waals surface area contributed by atoms with Gasteiger partial charge in [0.1, 0.15) is 4.90 Å². The van der Waals surface area contributed by atoms with E-state index in [1.54, 1.807) is 24.3 Å². The molecule has 6 nitrogen and oxygen atoms in total. The van der Waals surface area contributed by atoms with E-state index >= 15 is 0 Å². The Morgan fingerprint density at radius 2 is 1.95 bits per heavy atom. The Balaban J connectivity index is 2.74. The fourth-order valence-corrected chi connectivity index (χ4v) is 2.52. The zero-order chi connectivity index (χ0) is 14.3. The Hall–Kier alpha value is -1.15. The van der Waals surface area contributed by atoms with Crippen LogP contribution in [0, 0.1) is 0 Å². The van der Waals surface area contributed by atoms with Gasteiger partial charge in [0.15, 0.2) is 0 Å². The van der Waals surface area contributed by atoms with Crippen molar-refractivity contribution in [1.29, 1.82) is 0 Å². The molecule has 0 amide bonds. The number of aliphatic hydroxyl groups is 1.